The van der Waals surface area contributed by atoms with Gasteiger partial charge in [0.1, 0.15) is 23.9 Å². The van der Waals surface area contributed by atoms with E-state index < -0.39 is 21.8 Å². The second kappa shape index (κ2) is 13.1. The molecule has 0 bridgehead atoms. The molecule has 4 rings (SSSR count). The number of fused-ring (bicyclic) bond motifs is 1. The number of carbonyl (C=O) groups is 1. The van der Waals surface area contributed by atoms with Crippen LogP contribution in [-0.4, -0.2) is 91.0 Å². The Bertz CT molecular complexity index is 1270. The van der Waals surface area contributed by atoms with Gasteiger partial charge < -0.3 is 29.4 Å². The summed E-state index contributed by atoms with van der Waals surface area (Å²) >= 11 is 0. The molecule has 13 heteroatoms. The standard InChI is InChI=1S/C27H36F3N5O4S/c1-40(2,3)17-16-38-19-35-18-22(27(28,29)30)24-23(8-9-31-25(24)35)39-21-6-4-20(5-7-21)33-26(36)32-10-11-34-12-14-37-15-13-34/h4-9,18H,10-17,19H2,1-3H3,(H2,32,33,36). The van der Waals surface area contributed by atoms with Crippen LogP contribution in [0.2, 0.25) is 0 Å². The fourth-order valence-electron chi connectivity index (χ4n) is 4.12. The normalized spacial score (nSPS) is 15.2. The highest BCUT2D eigenvalue weighted by Gasteiger charge is 2.36. The number of ether oxygens (including phenoxy) is 3. The number of anilines is 1. The fraction of sp³-hybridized carbons (Fsp3) is 0.481. The maximum Gasteiger partial charge on any atom is 0.418 e. The second-order valence-corrected chi connectivity index (χ2v) is 14.9. The SMILES string of the molecule is CS(C)(C)CCOCn1cc(C(F)(F)F)c2c(Oc3ccc(NC(=O)NCCN4CCOCC4)cc3)ccnc21. The molecule has 0 aliphatic carbocycles. The van der Waals surface area contributed by atoms with Crippen LogP contribution in [0, 0.1) is 0 Å². The molecule has 2 aromatic heterocycles. The molecule has 3 aromatic rings. The van der Waals surface area contributed by atoms with E-state index in [-0.39, 0.29) is 29.5 Å². The summed E-state index contributed by atoms with van der Waals surface area (Å²) in [4.78, 5) is 18.6. The Kier molecular flexibility index (Phi) is 9.82. The number of hydrogen-bond acceptors (Lipinski definition) is 6. The zero-order valence-electron chi connectivity index (χ0n) is 22.9. The molecule has 1 aliphatic rings. The van der Waals surface area contributed by atoms with Crippen molar-refractivity contribution in [3.63, 3.8) is 0 Å². The molecule has 40 heavy (non-hydrogen) atoms. The van der Waals surface area contributed by atoms with Crippen LogP contribution in [0.15, 0.2) is 42.7 Å². The number of pyridine rings is 1. The van der Waals surface area contributed by atoms with Crippen molar-refractivity contribution >= 4 is 32.8 Å². The number of benzene rings is 1. The Labute approximate surface area is 233 Å². The van der Waals surface area contributed by atoms with Crippen LogP contribution < -0.4 is 15.4 Å². The summed E-state index contributed by atoms with van der Waals surface area (Å²) in [7, 11) is -0.781. The van der Waals surface area contributed by atoms with E-state index in [0.29, 0.717) is 37.8 Å². The van der Waals surface area contributed by atoms with Crippen molar-refractivity contribution in [3.05, 3.63) is 48.3 Å². The summed E-state index contributed by atoms with van der Waals surface area (Å²) in [6, 6.07) is 7.46. The Hall–Kier alpha value is -3.00. The lowest BCUT2D eigenvalue weighted by atomic mass is 10.2. The number of nitrogens with zero attached hydrogens (tertiary/aromatic N) is 3. The van der Waals surface area contributed by atoms with Crippen LogP contribution in [0.3, 0.4) is 0 Å². The third-order valence-corrected chi connectivity index (χ3v) is 7.64. The van der Waals surface area contributed by atoms with E-state index in [1.807, 2.05) is 0 Å². The molecule has 2 amide bonds. The Morgan fingerprint density at radius 2 is 1.85 bits per heavy atom. The first-order valence-electron chi connectivity index (χ1n) is 12.9. The van der Waals surface area contributed by atoms with Crippen LogP contribution in [-0.2, 0) is 22.4 Å². The average Bonchev–Trinajstić information content (AvgIpc) is 3.28. The van der Waals surface area contributed by atoms with Crippen LogP contribution in [0.1, 0.15) is 5.56 Å². The van der Waals surface area contributed by atoms with Crippen molar-refractivity contribution in [3.8, 4) is 11.5 Å². The topological polar surface area (TPSA) is 89.9 Å². The minimum atomic E-state index is -4.61. The van der Waals surface area contributed by atoms with Gasteiger partial charge in [0.25, 0.3) is 0 Å². The van der Waals surface area contributed by atoms with Gasteiger partial charge in [-0.15, -0.1) is 0 Å². The van der Waals surface area contributed by atoms with Gasteiger partial charge in [-0.3, -0.25) is 4.90 Å². The van der Waals surface area contributed by atoms with Gasteiger partial charge >= 0.3 is 12.2 Å². The molecule has 3 heterocycles. The number of morpholine rings is 1. The fourth-order valence-corrected chi connectivity index (χ4v) is 4.74. The van der Waals surface area contributed by atoms with Gasteiger partial charge in [-0.2, -0.15) is 13.2 Å². The maximum atomic E-state index is 14.0. The van der Waals surface area contributed by atoms with E-state index in [0.717, 1.165) is 31.6 Å². The lowest BCUT2D eigenvalue weighted by Gasteiger charge is -2.26. The minimum absolute atomic E-state index is 0.0248. The number of carbonyl (C=O) groups excluding carboxylic acids is 1. The number of urea groups is 1. The van der Waals surface area contributed by atoms with Gasteiger partial charge in [-0.25, -0.2) is 19.8 Å². The number of alkyl halides is 3. The highest BCUT2D eigenvalue weighted by molar-refractivity contribution is 8.32. The quantitative estimate of drug-likeness (QED) is 0.310. The monoisotopic (exact) mass is 583 g/mol. The van der Waals surface area contributed by atoms with Gasteiger partial charge in [-0.1, -0.05) is 0 Å². The van der Waals surface area contributed by atoms with Crippen LogP contribution in [0.5, 0.6) is 11.5 Å². The van der Waals surface area contributed by atoms with E-state index in [1.54, 1.807) is 24.3 Å². The molecule has 2 N–H and O–H groups in total. The van der Waals surface area contributed by atoms with Crippen molar-refractivity contribution in [1.29, 1.82) is 0 Å². The largest absolute Gasteiger partial charge is 0.457 e. The predicted molar refractivity (Wildman–Crippen MR) is 152 cm³/mol. The van der Waals surface area contributed by atoms with E-state index in [2.05, 4.69) is 39.3 Å². The zero-order chi connectivity index (χ0) is 28.8. The van der Waals surface area contributed by atoms with Crippen molar-refractivity contribution in [1.82, 2.24) is 19.8 Å². The first-order chi connectivity index (χ1) is 19.0. The highest BCUT2D eigenvalue weighted by Crippen LogP contribution is 2.41. The molecule has 1 aromatic carbocycles. The van der Waals surface area contributed by atoms with Gasteiger partial charge in [0.2, 0.25) is 0 Å². The first-order valence-corrected chi connectivity index (χ1v) is 15.9. The smallest absolute Gasteiger partial charge is 0.418 e. The molecular weight excluding hydrogens is 547 g/mol. The Morgan fingerprint density at radius 3 is 2.52 bits per heavy atom. The third-order valence-electron chi connectivity index (χ3n) is 6.25. The van der Waals surface area contributed by atoms with Crippen molar-refractivity contribution in [2.24, 2.45) is 0 Å². The van der Waals surface area contributed by atoms with E-state index in [1.165, 1.54) is 16.8 Å². The molecular formula is C27H36F3N5O4S. The number of halogens is 3. The molecule has 1 aliphatic heterocycles. The summed E-state index contributed by atoms with van der Waals surface area (Å²) in [5.74, 6) is 1.19. The highest BCUT2D eigenvalue weighted by atomic mass is 32.3. The van der Waals surface area contributed by atoms with E-state index in [4.69, 9.17) is 14.2 Å². The van der Waals surface area contributed by atoms with Gasteiger partial charge in [-0.05, 0) is 49.1 Å². The molecule has 1 saturated heterocycles. The van der Waals surface area contributed by atoms with E-state index in [9.17, 15) is 18.0 Å². The summed E-state index contributed by atoms with van der Waals surface area (Å²) in [6.07, 6.45) is 4.27. The van der Waals surface area contributed by atoms with Crippen molar-refractivity contribution < 1.29 is 32.2 Å². The van der Waals surface area contributed by atoms with Crippen LogP contribution in [0.4, 0.5) is 23.7 Å². The summed E-state index contributed by atoms with van der Waals surface area (Å²) in [5, 5.41) is 5.42. The van der Waals surface area contributed by atoms with Crippen molar-refractivity contribution in [2.45, 2.75) is 12.9 Å². The molecule has 0 atom stereocenters. The number of rotatable bonds is 11. The number of nitrogens with one attached hydrogen (secondary N) is 2. The Balaban J connectivity index is 1.40. The average molecular weight is 584 g/mol. The third kappa shape index (κ3) is 8.50. The second-order valence-electron chi connectivity index (χ2n) is 10.3. The maximum absolute atomic E-state index is 14.0. The number of hydrogen-bond donors (Lipinski definition) is 2. The molecule has 220 valence electrons. The number of aromatic nitrogens is 2. The summed E-state index contributed by atoms with van der Waals surface area (Å²) < 4.78 is 60.1. The minimum Gasteiger partial charge on any atom is -0.457 e. The predicted octanol–water partition coefficient (Wildman–Crippen LogP) is 4.97. The molecule has 0 unspecified atom stereocenters. The van der Waals surface area contributed by atoms with Crippen molar-refractivity contribution in [2.75, 3.05) is 75.8 Å². The molecule has 0 saturated carbocycles. The summed E-state index contributed by atoms with van der Waals surface area (Å²) in [5.41, 5.74) is -0.199. The Morgan fingerprint density at radius 1 is 1.12 bits per heavy atom. The summed E-state index contributed by atoms with van der Waals surface area (Å²) in [6.45, 7) is 4.70. The van der Waals surface area contributed by atoms with Crippen LogP contribution in [0.25, 0.3) is 11.0 Å². The van der Waals surface area contributed by atoms with Gasteiger partial charge in [0, 0.05) is 50.0 Å². The lowest BCUT2D eigenvalue weighted by Crippen LogP contribution is -2.42. The molecule has 0 radical (unpaired) electrons. The lowest BCUT2D eigenvalue weighted by molar-refractivity contribution is -0.136. The molecule has 1 fully saturated rings. The van der Waals surface area contributed by atoms with Crippen LogP contribution >= 0.6 is 10.0 Å². The zero-order valence-corrected chi connectivity index (χ0v) is 23.7. The van der Waals surface area contributed by atoms with Gasteiger partial charge in [0.15, 0.2) is 0 Å². The van der Waals surface area contributed by atoms with E-state index >= 15 is 0 Å². The van der Waals surface area contributed by atoms with Gasteiger partial charge in [0.05, 0.1) is 30.8 Å². The molecule has 0 spiro atoms. The number of amides is 2. The first kappa shape index (κ1) is 30.0. The molecule has 9 nitrogen and oxygen atoms in total.